The highest BCUT2D eigenvalue weighted by atomic mass is 16.5. The average molecular weight is 364 g/mol. The number of aromatic nitrogens is 2. The number of carbonyl (C=O) groups is 1. The SMILES string of the molecule is COc1ccc(Nc2nccc(C(=O)Nc3ccc(C)cc3)n2)cc1OC. The average Bonchev–Trinajstić information content (AvgIpc) is 2.69. The number of nitrogens with zero attached hydrogens (tertiary/aromatic N) is 2. The topological polar surface area (TPSA) is 85.4 Å². The number of amides is 1. The van der Waals surface area contributed by atoms with Gasteiger partial charge in [0.15, 0.2) is 11.5 Å². The van der Waals surface area contributed by atoms with Crippen molar-refractivity contribution >= 4 is 23.2 Å². The van der Waals surface area contributed by atoms with Gasteiger partial charge in [-0.05, 0) is 37.3 Å². The molecular weight excluding hydrogens is 344 g/mol. The number of hydrogen-bond donors (Lipinski definition) is 2. The summed E-state index contributed by atoms with van der Waals surface area (Å²) in [5.74, 6) is 1.20. The molecule has 3 aromatic rings. The minimum absolute atomic E-state index is 0.258. The lowest BCUT2D eigenvalue weighted by atomic mass is 10.2. The second-order valence-electron chi connectivity index (χ2n) is 5.78. The summed E-state index contributed by atoms with van der Waals surface area (Å²) >= 11 is 0. The maximum atomic E-state index is 12.4. The van der Waals surface area contributed by atoms with Crippen molar-refractivity contribution in [2.24, 2.45) is 0 Å². The monoisotopic (exact) mass is 364 g/mol. The summed E-state index contributed by atoms with van der Waals surface area (Å²) in [6, 6.07) is 14.5. The quantitative estimate of drug-likeness (QED) is 0.692. The number of rotatable bonds is 6. The van der Waals surface area contributed by atoms with Crippen molar-refractivity contribution in [2.45, 2.75) is 6.92 Å². The van der Waals surface area contributed by atoms with Gasteiger partial charge in [-0.25, -0.2) is 9.97 Å². The van der Waals surface area contributed by atoms with Gasteiger partial charge in [0.05, 0.1) is 14.2 Å². The summed E-state index contributed by atoms with van der Waals surface area (Å²) in [6.45, 7) is 1.99. The van der Waals surface area contributed by atoms with E-state index >= 15 is 0 Å². The Kier molecular flexibility index (Phi) is 5.51. The summed E-state index contributed by atoms with van der Waals surface area (Å²) in [7, 11) is 3.14. The molecule has 2 aromatic carbocycles. The highest BCUT2D eigenvalue weighted by molar-refractivity contribution is 6.03. The molecule has 1 heterocycles. The molecule has 0 aliphatic heterocycles. The van der Waals surface area contributed by atoms with E-state index in [2.05, 4.69) is 20.6 Å². The predicted molar refractivity (Wildman–Crippen MR) is 104 cm³/mol. The molecule has 0 spiro atoms. The Morgan fingerprint density at radius 2 is 1.63 bits per heavy atom. The standard InChI is InChI=1S/C20H20N4O3/c1-13-4-6-14(7-5-13)22-19(25)16-10-11-21-20(24-16)23-15-8-9-17(26-2)18(12-15)27-3/h4-12H,1-3H3,(H,22,25)(H,21,23,24). The van der Waals surface area contributed by atoms with Crippen LogP contribution >= 0.6 is 0 Å². The van der Waals surface area contributed by atoms with Gasteiger partial charge in [-0.1, -0.05) is 17.7 Å². The van der Waals surface area contributed by atoms with E-state index < -0.39 is 0 Å². The molecule has 7 nitrogen and oxygen atoms in total. The number of aryl methyl sites for hydroxylation is 1. The zero-order chi connectivity index (χ0) is 19.2. The van der Waals surface area contributed by atoms with E-state index in [4.69, 9.17) is 9.47 Å². The largest absolute Gasteiger partial charge is 0.493 e. The molecule has 0 bridgehead atoms. The highest BCUT2D eigenvalue weighted by Gasteiger charge is 2.10. The Labute approximate surface area is 157 Å². The summed E-state index contributed by atoms with van der Waals surface area (Å²) in [5.41, 5.74) is 2.80. The van der Waals surface area contributed by atoms with Crippen LogP contribution in [0.25, 0.3) is 0 Å². The zero-order valence-electron chi connectivity index (χ0n) is 15.3. The minimum Gasteiger partial charge on any atom is -0.493 e. The van der Waals surface area contributed by atoms with E-state index in [1.54, 1.807) is 32.4 Å². The molecule has 7 heteroatoms. The Morgan fingerprint density at radius 1 is 0.926 bits per heavy atom. The van der Waals surface area contributed by atoms with Crippen LogP contribution < -0.4 is 20.1 Å². The fourth-order valence-electron chi connectivity index (χ4n) is 2.42. The van der Waals surface area contributed by atoms with Crippen molar-refractivity contribution in [1.82, 2.24) is 9.97 Å². The lowest BCUT2D eigenvalue weighted by Crippen LogP contribution is -2.14. The van der Waals surface area contributed by atoms with Crippen LogP contribution in [-0.2, 0) is 0 Å². The molecule has 0 atom stereocenters. The third kappa shape index (κ3) is 4.52. The highest BCUT2D eigenvalue weighted by Crippen LogP contribution is 2.30. The van der Waals surface area contributed by atoms with Gasteiger partial charge in [0.25, 0.3) is 5.91 Å². The molecular formula is C20H20N4O3. The first kappa shape index (κ1) is 18.2. The van der Waals surface area contributed by atoms with Gasteiger partial charge < -0.3 is 20.1 Å². The lowest BCUT2D eigenvalue weighted by Gasteiger charge is -2.11. The van der Waals surface area contributed by atoms with E-state index in [9.17, 15) is 4.79 Å². The zero-order valence-corrected chi connectivity index (χ0v) is 15.3. The minimum atomic E-state index is -0.309. The molecule has 2 N–H and O–H groups in total. The van der Waals surface area contributed by atoms with Gasteiger partial charge in [0.1, 0.15) is 5.69 Å². The molecule has 0 aliphatic carbocycles. The molecule has 0 fully saturated rings. The van der Waals surface area contributed by atoms with Gasteiger partial charge >= 0.3 is 0 Å². The third-order valence-corrected chi connectivity index (χ3v) is 3.84. The molecule has 0 aliphatic rings. The molecule has 1 amide bonds. The van der Waals surface area contributed by atoms with Crippen LogP contribution in [0.5, 0.6) is 11.5 Å². The van der Waals surface area contributed by atoms with Gasteiger partial charge in [-0.2, -0.15) is 0 Å². The van der Waals surface area contributed by atoms with Crippen molar-refractivity contribution in [2.75, 3.05) is 24.9 Å². The van der Waals surface area contributed by atoms with E-state index in [1.165, 1.54) is 6.20 Å². The Balaban J connectivity index is 1.75. The number of methoxy groups -OCH3 is 2. The van der Waals surface area contributed by atoms with E-state index in [1.807, 2.05) is 37.3 Å². The van der Waals surface area contributed by atoms with Gasteiger partial charge in [0, 0.05) is 23.6 Å². The van der Waals surface area contributed by atoms with Crippen LogP contribution in [0.3, 0.4) is 0 Å². The van der Waals surface area contributed by atoms with E-state index in [0.717, 1.165) is 5.56 Å². The van der Waals surface area contributed by atoms with Crippen LogP contribution in [0.2, 0.25) is 0 Å². The van der Waals surface area contributed by atoms with Crippen molar-refractivity contribution in [3.05, 3.63) is 66.0 Å². The molecule has 0 radical (unpaired) electrons. The van der Waals surface area contributed by atoms with Crippen molar-refractivity contribution in [3.63, 3.8) is 0 Å². The van der Waals surface area contributed by atoms with Crippen LogP contribution in [0.1, 0.15) is 16.1 Å². The first-order chi connectivity index (χ1) is 13.1. The number of carbonyl (C=O) groups excluding carboxylic acids is 1. The lowest BCUT2D eigenvalue weighted by molar-refractivity contribution is 0.102. The molecule has 0 unspecified atom stereocenters. The third-order valence-electron chi connectivity index (χ3n) is 3.84. The normalized spacial score (nSPS) is 10.2. The molecule has 1 aromatic heterocycles. The molecule has 27 heavy (non-hydrogen) atoms. The number of anilines is 3. The molecule has 0 saturated carbocycles. The number of nitrogens with one attached hydrogen (secondary N) is 2. The Hall–Kier alpha value is -3.61. The predicted octanol–water partition coefficient (Wildman–Crippen LogP) is 3.80. The van der Waals surface area contributed by atoms with Crippen molar-refractivity contribution in [1.29, 1.82) is 0 Å². The Morgan fingerprint density at radius 3 is 2.33 bits per heavy atom. The maximum absolute atomic E-state index is 12.4. The Bertz CT molecular complexity index is 942. The van der Waals surface area contributed by atoms with Crippen LogP contribution in [0.15, 0.2) is 54.7 Å². The van der Waals surface area contributed by atoms with Gasteiger partial charge in [-0.3, -0.25) is 4.79 Å². The van der Waals surface area contributed by atoms with Gasteiger partial charge in [-0.15, -0.1) is 0 Å². The summed E-state index contributed by atoms with van der Waals surface area (Å²) in [4.78, 5) is 20.9. The fraction of sp³-hybridized carbons (Fsp3) is 0.150. The first-order valence-corrected chi connectivity index (χ1v) is 8.29. The number of hydrogen-bond acceptors (Lipinski definition) is 6. The number of ether oxygens (including phenoxy) is 2. The second kappa shape index (κ2) is 8.18. The van der Waals surface area contributed by atoms with Gasteiger partial charge in [0.2, 0.25) is 5.95 Å². The molecule has 0 saturated heterocycles. The first-order valence-electron chi connectivity index (χ1n) is 8.29. The summed E-state index contributed by atoms with van der Waals surface area (Å²) < 4.78 is 10.5. The van der Waals surface area contributed by atoms with Crippen LogP contribution in [0.4, 0.5) is 17.3 Å². The van der Waals surface area contributed by atoms with E-state index in [0.29, 0.717) is 28.8 Å². The van der Waals surface area contributed by atoms with Crippen LogP contribution in [0, 0.1) is 6.92 Å². The molecule has 138 valence electrons. The second-order valence-corrected chi connectivity index (χ2v) is 5.78. The van der Waals surface area contributed by atoms with E-state index in [-0.39, 0.29) is 11.6 Å². The number of benzene rings is 2. The maximum Gasteiger partial charge on any atom is 0.274 e. The molecule has 3 rings (SSSR count). The van der Waals surface area contributed by atoms with Crippen LogP contribution in [-0.4, -0.2) is 30.1 Å². The van der Waals surface area contributed by atoms with Crippen molar-refractivity contribution < 1.29 is 14.3 Å². The summed E-state index contributed by atoms with van der Waals surface area (Å²) in [5, 5.41) is 5.88. The smallest absolute Gasteiger partial charge is 0.274 e. The van der Waals surface area contributed by atoms with Crippen molar-refractivity contribution in [3.8, 4) is 11.5 Å². The fourth-order valence-corrected chi connectivity index (χ4v) is 2.42. The summed E-state index contributed by atoms with van der Waals surface area (Å²) in [6.07, 6.45) is 1.53.